The third-order valence-corrected chi connectivity index (χ3v) is 6.53. The fourth-order valence-corrected chi connectivity index (χ4v) is 4.54. The number of carbonyl (C=O) groups is 4. The van der Waals surface area contributed by atoms with Crippen molar-refractivity contribution in [2.24, 2.45) is 5.92 Å². The number of hydrogen-bond donors (Lipinski definition) is 0. The number of ether oxygens (including phenoxy) is 2. The van der Waals surface area contributed by atoms with Crippen LogP contribution in [-0.2, 0) is 14.3 Å². The molecule has 1 amide bonds. The molecule has 1 aliphatic heterocycles. The van der Waals surface area contributed by atoms with E-state index in [0.29, 0.717) is 23.4 Å². The first kappa shape index (κ1) is 23.7. The van der Waals surface area contributed by atoms with Gasteiger partial charge in [-0.05, 0) is 56.2 Å². The van der Waals surface area contributed by atoms with E-state index >= 15 is 0 Å². The lowest BCUT2D eigenvalue weighted by Crippen LogP contribution is -2.38. The zero-order chi connectivity index (χ0) is 24.1. The minimum absolute atomic E-state index is 0.00375. The van der Waals surface area contributed by atoms with Gasteiger partial charge in [-0.1, -0.05) is 37.0 Å². The lowest BCUT2D eigenvalue weighted by Gasteiger charge is -2.31. The highest BCUT2D eigenvalue weighted by molar-refractivity contribution is 5.98. The first-order chi connectivity index (χ1) is 16.4. The average molecular weight is 464 g/mol. The van der Waals surface area contributed by atoms with E-state index < -0.39 is 24.5 Å². The molecule has 34 heavy (non-hydrogen) atoms. The number of Topliss-reactive ketones (excluding diaryl/α,β-unsaturated/α-hetero) is 1. The number of nitrogens with zero attached hydrogens (tertiary/aromatic N) is 1. The summed E-state index contributed by atoms with van der Waals surface area (Å²) in [6, 6.07) is 13.4. The highest BCUT2D eigenvalue weighted by Crippen LogP contribution is 2.29. The van der Waals surface area contributed by atoms with E-state index in [-0.39, 0.29) is 24.2 Å². The van der Waals surface area contributed by atoms with Gasteiger partial charge in [0.25, 0.3) is 0 Å². The lowest BCUT2D eigenvalue weighted by atomic mass is 9.94. The quantitative estimate of drug-likeness (QED) is 0.349. The van der Waals surface area contributed by atoms with Crippen molar-refractivity contribution in [3.8, 4) is 5.75 Å². The van der Waals surface area contributed by atoms with Crippen LogP contribution in [0.1, 0.15) is 64.8 Å². The largest absolute Gasteiger partial charge is 0.457 e. The smallest absolute Gasteiger partial charge is 0.343 e. The number of benzene rings is 2. The SMILES string of the molecule is Cc1ccc(C(=O)Oc2ccc(C(=O)COC(=O)[C@H]3CC(=O)N(C4CCCCC4)C3)cc2)cc1. The molecule has 0 unspecified atom stereocenters. The van der Waals surface area contributed by atoms with Crippen molar-refractivity contribution < 1.29 is 28.7 Å². The van der Waals surface area contributed by atoms with Crippen LogP contribution in [0.4, 0.5) is 0 Å². The van der Waals surface area contributed by atoms with Crippen LogP contribution in [0, 0.1) is 12.8 Å². The summed E-state index contributed by atoms with van der Waals surface area (Å²) in [7, 11) is 0. The van der Waals surface area contributed by atoms with Crippen molar-refractivity contribution in [3.63, 3.8) is 0 Å². The molecule has 2 fully saturated rings. The standard InChI is InChI=1S/C27H29NO6/c1-18-7-9-20(10-8-18)27(32)34-23-13-11-19(12-14-23)24(29)17-33-26(31)21-15-25(30)28(16-21)22-5-3-2-4-6-22/h7-14,21-22H,2-6,15-17H2,1H3/t21-/m0/s1. The van der Waals surface area contributed by atoms with Crippen molar-refractivity contribution in [2.45, 2.75) is 51.5 Å². The molecule has 178 valence electrons. The highest BCUT2D eigenvalue weighted by atomic mass is 16.5. The van der Waals surface area contributed by atoms with Gasteiger partial charge in [0.2, 0.25) is 5.91 Å². The van der Waals surface area contributed by atoms with Crippen LogP contribution in [0.5, 0.6) is 5.75 Å². The summed E-state index contributed by atoms with van der Waals surface area (Å²) in [4.78, 5) is 51.4. The van der Waals surface area contributed by atoms with Gasteiger partial charge in [-0.15, -0.1) is 0 Å². The topological polar surface area (TPSA) is 90.0 Å². The maximum absolute atomic E-state index is 12.5. The van der Waals surface area contributed by atoms with E-state index in [2.05, 4.69) is 0 Å². The third kappa shape index (κ3) is 5.71. The Hall–Kier alpha value is -3.48. The van der Waals surface area contributed by atoms with Gasteiger partial charge in [-0.2, -0.15) is 0 Å². The van der Waals surface area contributed by atoms with Crippen LogP contribution < -0.4 is 4.74 Å². The van der Waals surface area contributed by atoms with E-state index in [1.54, 1.807) is 12.1 Å². The summed E-state index contributed by atoms with van der Waals surface area (Å²) < 4.78 is 10.6. The Labute approximate surface area is 199 Å². The van der Waals surface area contributed by atoms with Gasteiger partial charge < -0.3 is 14.4 Å². The fourth-order valence-electron chi connectivity index (χ4n) is 4.54. The average Bonchev–Trinajstić information content (AvgIpc) is 3.25. The molecule has 0 radical (unpaired) electrons. The summed E-state index contributed by atoms with van der Waals surface area (Å²) in [5, 5.41) is 0. The number of rotatable bonds is 7. The van der Waals surface area contributed by atoms with Crippen LogP contribution in [0.25, 0.3) is 0 Å². The molecule has 2 aromatic rings. The maximum atomic E-state index is 12.5. The van der Waals surface area contributed by atoms with Crippen molar-refractivity contribution in [1.82, 2.24) is 4.90 Å². The molecular weight excluding hydrogens is 434 g/mol. The number of carbonyl (C=O) groups excluding carboxylic acids is 4. The molecule has 7 heteroatoms. The van der Waals surface area contributed by atoms with Gasteiger partial charge in [-0.3, -0.25) is 14.4 Å². The molecule has 7 nitrogen and oxygen atoms in total. The number of ketones is 1. The summed E-state index contributed by atoms with van der Waals surface area (Å²) in [6.07, 6.45) is 5.54. The Morgan fingerprint density at radius 1 is 0.912 bits per heavy atom. The summed E-state index contributed by atoms with van der Waals surface area (Å²) >= 11 is 0. The van der Waals surface area contributed by atoms with Crippen molar-refractivity contribution >= 4 is 23.6 Å². The predicted octanol–water partition coefficient (Wildman–Crippen LogP) is 4.12. The van der Waals surface area contributed by atoms with Crippen LogP contribution in [0.3, 0.4) is 0 Å². The van der Waals surface area contributed by atoms with Crippen LogP contribution >= 0.6 is 0 Å². The molecule has 1 aliphatic carbocycles. The Morgan fingerprint density at radius 2 is 1.56 bits per heavy atom. The maximum Gasteiger partial charge on any atom is 0.343 e. The van der Waals surface area contributed by atoms with Crippen molar-refractivity contribution in [3.05, 3.63) is 65.2 Å². The number of hydrogen-bond acceptors (Lipinski definition) is 6. The molecule has 1 saturated carbocycles. The van der Waals surface area contributed by atoms with E-state index in [0.717, 1.165) is 31.2 Å². The van der Waals surface area contributed by atoms with Gasteiger partial charge in [0.1, 0.15) is 5.75 Å². The zero-order valence-electron chi connectivity index (χ0n) is 19.3. The predicted molar refractivity (Wildman–Crippen MR) is 125 cm³/mol. The van der Waals surface area contributed by atoms with Gasteiger partial charge in [0, 0.05) is 24.6 Å². The number of aryl methyl sites for hydroxylation is 1. The summed E-state index contributed by atoms with van der Waals surface area (Å²) in [5.41, 5.74) is 1.82. The number of amides is 1. The van der Waals surface area contributed by atoms with E-state index in [1.165, 1.54) is 30.7 Å². The molecule has 0 bridgehead atoms. The second-order valence-electron chi connectivity index (χ2n) is 9.05. The second-order valence-corrected chi connectivity index (χ2v) is 9.05. The molecule has 0 aromatic heterocycles. The first-order valence-electron chi connectivity index (χ1n) is 11.8. The van der Waals surface area contributed by atoms with Crippen molar-refractivity contribution in [1.29, 1.82) is 0 Å². The normalized spacial score (nSPS) is 18.6. The molecule has 2 aromatic carbocycles. The molecule has 1 saturated heterocycles. The lowest BCUT2D eigenvalue weighted by molar-refractivity contribution is -0.147. The fraction of sp³-hybridized carbons (Fsp3) is 0.407. The third-order valence-electron chi connectivity index (χ3n) is 6.53. The van der Waals surface area contributed by atoms with Gasteiger partial charge in [0.05, 0.1) is 11.5 Å². The molecule has 0 spiro atoms. The van der Waals surface area contributed by atoms with Crippen LogP contribution in [0.15, 0.2) is 48.5 Å². The Bertz CT molecular complexity index is 1050. The first-order valence-corrected chi connectivity index (χ1v) is 11.8. The van der Waals surface area contributed by atoms with Gasteiger partial charge in [0.15, 0.2) is 12.4 Å². The molecular formula is C27H29NO6. The minimum Gasteiger partial charge on any atom is -0.457 e. The molecule has 2 aliphatic rings. The Kier molecular flexibility index (Phi) is 7.40. The Balaban J connectivity index is 1.26. The number of esters is 2. The van der Waals surface area contributed by atoms with E-state index in [9.17, 15) is 19.2 Å². The molecule has 0 N–H and O–H groups in total. The number of likely N-dealkylation sites (tertiary alicyclic amines) is 1. The van der Waals surface area contributed by atoms with Gasteiger partial charge in [-0.25, -0.2) is 4.79 Å². The van der Waals surface area contributed by atoms with E-state index in [1.807, 2.05) is 24.0 Å². The monoisotopic (exact) mass is 463 g/mol. The molecule has 4 rings (SSSR count). The minimum atomic E-state index is -0.522. The molecule has 1 heterocycles. The summed E-state index contributed by atoms with van der Waals surface area (Å²) in [5.74, 6) is -1.57. The zero-order valence-corrected chi connectivity index (χ0v) is 19.3. The second kappa shape index (κ2) is 10.6. The van der Waals surface area contributed by atoms with E-state index in [4.69, 9.17) is 9.47 Å². The van der Waals surface area contributed by atoms with Crippen LogP contribution in [0.2, 0.25) is 0 Å². The molecule has 1 atom stereocenters. The van der Waals surface area contributed by atoms with Crippen LogP contribution in [-0.4, -0.2) is 47.7 Å². The highest BCUT2D eigenvalue weighted by Gasteiger charge is 2.39. The Morgan fingerprint density at radius 3 is 2.24 bits per heavy atom. The van der Waals surface area contributed by atoms with Crippen molar-refractivity contribution in [2.75, 3.05) is 13.2 Å². The summed E-state index contributed by atoms with van der Waals surface area (Å²) in [6.45, 7) is 1.91. The van der Waals surface area contributed by atoms with Gasteiger partial charge >= 0.3 is 11.9 Å².